The first-order valence-corrected chi connectivity index (χ1v) is 9.52. The number of carbonyl (C=O) groups excluding carboxylic acids is 1. The van der Waals surface area contributed by atoms with E-state index in [0.29, 0.717) is 0 Å². The average Bonchev–Trinajstić information content (AvgIpc) is 3.28. The molecule has 0 fully saturated rings. The number of aryl methyl sites for hydroxylation is 1. The van der Waals surface area contributed by atoms with Gasteiger partial charge >= 0.3 is 0 Å². The summed E-state index contributed by atoms with van der Waals surface area (Å²) in [5, 5.41) is 12.5. The molecule has 3 aromatic heterocycles. The molecule has 0 spiro atoms. The maximum absolute atomic E-state index is 12.5. The van der Waals surface area contributed by atoms with Gasteiger partial charge in [-0.25, -0.2) is 4.98 Å². The molecular formula is C17H20N4OS2. The summed E-state index contributed by atoms with van der Waals surface area (Å²) in [5.74, 6) is -0.0441. The molecule has 0 unspecified atom stereocenters. The Morgan fingerprint density at radius 2 is 2.12 bits per heavy atom. The van der Waals surface area contributed by atoms with Crippen LogP contribution in [0.5, 0.6) is 0 Å². The molecule has 126 valence electrons. The van der Waals surface area contributed by atoms with E-state index in [1.165, 1.54) is 4.88 Å². The molecule has 1 amide bonds. The minimum atomic E-state index is -0.103. The van der Waals surface area contributed by atoms with E-state index in [9.17, 15) is 4.79 Å². The highest BCUT2D eigenvalue weighted by Crippen LogP contribution is 2.23. The largest absolute Gasteiger partial charge is 0.345 e. The zero-order valence-corrected chi connectivity index (χ0v) is 15.6. The first-order chi connectivity index (χ1) is 11.5. The Labute approximate surface area is 149 Å². The Kier molecular flexibility index (Phi) is 5.11. The number of amides is 1. The Bertz CT molecular complexity index is 806. The van der Waals surface area contributed by atoms with Gasteiger partial charge in [-0.15, -0.1) is 22.7 Å². The molecule has 3 heterocycles. The number of carbonyl (C=O) groups is 1. The van der Waals surface area contributed by atoms with Crippen LogP contribution in [0.3, 0.4) is 0 Å². The van der Waals surface area contributed by atoms with E-state index >= 15 is 0 Å². The van der Waals surface area contributed by atoms with Gasteiger partial charge in [-0.2, -0.15) is 5.10 Å². The second kappa shape index (κ2) is 7.27. The van der Waals surface area contributed by atoms with Gasteiger partial charge in [0, 0.05) is 28.6 Å². The molecule has 1 atom stereocenters. The molecule has 0 radical (unpaired) electrons. The van der Waals surface area contributed by atoms with Crippen LogP contribution >= 0.6 is 22.7 Å². The van der Waals surface area contributed by atoms with E-state index in [-0.39, 0.29) is 18.5 Å². The third-order valence-electron chi connectivity index (χ3n) is 4.11. The first kappa shape index (κ1) is 16.9. The normalized spacial score (nSPS) is 12.3. The summed E-state index contributed by atoms with van der Waals surface area (Å²) in [4.78, 5) is 18.1. The number of nitrogens with one attached hydrogen (secondary N) is 1. The lowest BCUT2D eigenvalue weighted by Crippen LogP contribution is -2.33. The van der Waals surface area contributed by atoms with Crippen LogP contribution in [0.15, 0.2) is 29.1 Å². The Morgan fingerprint density at radius 3 is 2.71 bits per heavy atom. The van der Waals surface area contributed by atoms with Crippen molar-refractivity contribution in [2.45, 2.75) is 39.8 Å². The van der Waals surface area contributed by atoms with Gasteiger partial charge in [-0.3, -0.25) is 9.48 Å². The van der Waals surface area contributed by atoms with Crippen LogP contribution in [-0.4, -0.2) is 20.7 Å². The fourth-order valence-corrected chi connectivity index (χ4v) is 3.99. The molecule has 3 rings (SSSR count). The number of thiophene rings is 1. The van der Waals surface area contributed by atoms with Crippen molar-refractivity contribution in [3.8, 4) is 0 Å². The van der Waals surface area contributed by atoms with Gasteiger partial charge in [0.15, 0.2) is 0 Å². The zero-order chi connectivity index (χ0) is 17.1. The lowest BCUT2D eigenvalue weighted by Gasteiger charge is -2.16. The minimum absolute atomic E-state index is 0.0441. The van der Waals surface area contributed by atoms with Crippen molar-refractivity contribution in [1.29, 1.82) is 0 Å². The lowest BCUT2D eigenvalue weighted by atomic mass is 10.2. The summed E-state index contributed by atoms with van der Waals surface area (Å²) >= 11 is 3.26. The highest BCUT2D eigenvalue weighted by atomic mass is 32.1. The van der Waals surface area contributed by atoms with E-state index in [4.69, 9.17) is 0 Å². The van der Waals surface area contributed by atoms with Crippen molar-refractivity contribution in [3.63, 3.8) is 0 Å². The monoisotopic (exact) mass is 360 g/mol. The van der Waals surface area contributed by atoms with Gasteiger partial charge < -0.3 is 5.32 Å². The Balaban J connectivity index is 1.72. The lowest BCUT2D eigenvalue weighted by molar-refractivity contribution is -0.122. The van der Waals surface area contributed by atoms with Crippen LogP contribution in [0, 0.1) is 20.8 Å². The summed E-state index contributed by atoms with van der Waals surface area (Å²) < 4.78 is 1.77. The number of aromatic nitrogens is 3. The van der Waals surface area contributed by atoms with E-state index in [1.54, 1.807) is 33.6 Å². The van der Waals surface area contributed by atoms with Crippen LogP contribution < -0.4 is 5.32 Å². The Hall–Kier alpha value is -1.99. The van der Waals surface area contributed by atoms with Gasteiger partial charge in [0.1, 0.15) is 11.6 Å². The third-order valence-corrected chi connectivity index (χ3v) is 5.89. The average molecular weight is 361 g/mol. The van der Waals surface area contributed by atoms with Gasteiger partial charge in [0.25, 0.3) is 0 Å². The summed E-state index contributed by atoms with van der Waals surface area (Å²) in [6, 6.07) is 4.01. The van der Waals surface area contributed by atoms with Crippen LogP contribution in [0.1, 0.15) is 32.9 Å². The van der Waals surface area contributed by atoms with Crippen molar-refractivity contribution in [1.82, 2.24) is 20.1 Å². The maximum Gasteiger partial charge on any atom is 0.242 e. The van der Waals surface area contributed by atoms with Crippen LogP contribution in [-0.2, 0) is 17.8 Å². The highest BCUT2D eigenvalue weighted by molar-refractivity contribution is 7.10. The molecule has 0 saturated carbocycles. The first-order valence-electron chi connectivity index (χ1n) is 7.76. The number of thiazole rings is 1. The predicted octanol–water partition coefficient (Wildman–Crippen LogP) is 3.43. The molecule has 0 aliphatic heterocycles. The van der Waals surface area contributed by atoms with E-state index in [2.05, 4.69) is 26.8 Å². The molecule has 3 aromatic rings. The van der Waals surface area contributed by atoms with E-state index in [0.717, 1.165) is 28.4 Å². The second-order valence-electron chi connectivity index (χ2n) is 5.73. The topological polar surface area (TPSA) is 59.8 Å². The van der Waals surface area contributed by atoms with Gasteiger partial charge in [0.05, 0.1) is 11.7 Å². The summed E-state index contributed by atoms with van der Waals surface area (Å²) in [5.41, 5.74) is 3.14. The van der Waals surface area contributed by atoms with Crippen molar-refractivity contribution in [3.05, 3.63) is 55.9 Å². The maximum atomic E-state index is 12.5. The number of hydrogen-bond acceptors (Lipinski definition) is 5. The SMILES string of the molecule is Cc1nn(CC(=O)N[C@H](Cc2cccs2)c2nccs2)c(C)c1C. The molecule has 24 heavy (non-hydrogen) atoms. The van der Waals surface area contributed by atoms with Crippen molar-refractivity contribution >= 4 is 28.6 Å². The molecule has 1 N–H and O–H groups in total. The van der Waals surface area contributed by atoms with Crippen molar-refractivity contribution in [2.24, 2.45) is 0 Å². The number of nitrogens with zero attached hydrogens (tertiary/aromatic N) is 3. The molecule has 0 aliphatic carbocycles. The second-order valence-corrected chi connectivity index (χ2v) is 7.69. The molecule has 0 bridgehead atoms. The Morgan fingerprint density at radius 1 is 1.29 bits per heavy atom. The van der Waals surface area contributed by atoms with Crippen LogP contribution in [0.2, 0.25) is 0 Å². The summed E-state index contributed by atoms with van der Waals surface area (Å²) in [6.07, 6.45) is 2.53. The van der Waals surface area contributed by atoms with Gasteiger partial charge in [0.2, 0.25) is 5.91 Å². The minimum Gasteiger partial charge on any atom is -0.345 e. The molecular weight excluding hydrogens is 340 g/mol. The van der Waals surface area contributed by atoms with Gasteiger partial charge in [-0.05, 0) is 37.8 Å². The molecule has 0 aromatic carbocycles. The van der Waals surface area contributed by atoms with E-state index < -0.39 is 0 Å². The van der Waals surface area contributed by atoms with Crippen molar-refractivity contribution < 1.29 is 4.79 Å². The molecule has 0 aliphatic rings. The third kappa shape index (κ3) is 3.73. The fourth-order valence-electron chi connectivity index (χ4n) is 2.55. The highest BCUT2D eigenvalue weighted by Gasteiger charge is 2.19. The number of hydrogen-bond donors (Lipinski definition) is 1. The molecule has 0 saturated heterocycles. The fraction of sp³-hybridized carbons (Fsp3) is 0.353. The molecule has 7 heteroatoms. The van der Waals surface area contributed by atoms with E-state index in [1.807, 2.05) is 32.2 Å². The summed E-state index contributed by atoms with van der Waals surface area (Å²) in [6.45, 7) is 6.21. The smallest absolute Gasteiger partial charge is 0.242 e. The van der Waals surface area contributed by atoms with Crippen LogP contribution in [0.25, 0.3) is 0 Å². The van der Waals surface area contributed by atoms with Crippen LogP contribution in [0.4, 0.5) is 0 Å². The molecule has 5 nitrogen and oxygen atoms in total. The zero-order valence-electron chi connectivity index (χ0n) is 13.9. The number of rotatable bonds is 6. The van der Waals surface area contributed by atoms with Crippen molar-refractivity contribution in [2.75, 3.05) is 0 Å². The predicted molar refractivity (Wildman–Crippen MR) is 97.5 cm³/mol. The quantitative estimate of drug-likeness (QED) is 0.733. The standard InChI is InChI=1S/C17H20N4OS2/c1-11-12(2)20-21(13(11)3)10-16(22)19-15(17-18-6-8-24-17)9-14-5-4-7-23-14/h4-8,15H,9-10H2,1-3H3,(H,19,22)/t15-/m1/s1. The summed E-state index contributed by atoms with van der Waals surface area (Å²) in [7, 11) is 0. The van der Waals surface area contributed by atoms with Gasteiger partial charge in [-0.1, -0.05) is 6.07 Å².